The standard InChI is InChI=1S/C20H28N4O4/c1-2-28-20(27)24-13-11-23(12-14-24)19(26)17-10-6-9-16(22-17)18(25)21-15-7-4-3-5-8-15/h6,9-10,15H,2-5,7-8,11-14H2,1H3,(H,21,25). The van der Waals surface area contributed by atoms with Gasteiger partial charge in [-0.15, -0.1) is 0 Å². The molecular weight excluding hydrogens is 360 g/mol. The summed E-state index contributed by atoms with van der Waals surface area (Å²) in [5.41, 5.74) is 0.516. The van der Waals surface area contributed by atoms with Crippen LogP contribution in [0.3, 0.4) is 0 Å². The van der Waals surface area contributed by atoms with Gasteiger partial charge < -0.3 is 19.9 Å². The molecule has 2 fully saturated rings. The molecule has 28 heavy (non-hydrogen) atoms. The van der Waals surface area contributed by atoms with Crippen LogP contribution in [-0.2, 0) is 4.74 Å². The van der Waals surface area contributed by atoms with E-state index >= 15 is 0 Å². The summed E-state index contributed by atoms with van der Waals surface area (Å²) < 4.78 is 4.99. The van der Waals surface area contributed by atoms with Gasteiger partial charge in [-0.05, 0) is 31.9 Å². The lowest BCUT2D eigenvalue weighted by Gasteiger charge is -2.33. The summed E-state index contributed by atoms with van der Waals surface area (Å²) in [6.07, 6.45) is 5.13. The largest absolute Gasteiger partial charge is 0.450 e. The smallest absolute Gasteiger partial charge is 0.409 e. The van der Waals surface area contributed by atoms with Crippen LogP contribution in [0.4, 0.5) is 4.79 Å². The number of aromatic nitrogens is 1. The van der Waals surface area contributed by atoms with Gasteiger partial charge in [-0.2, -0.15) is 0 Å². The molecule has 0 unspecified atom stereocenters. The van der Waals surface area contributed by atoms with E-state index in [4.69, 9.17) is 4.74 Å². The fourth-order valence-electron chi connectivity index (χ4n) is 3.66. The lowest BCUT2D eigenvalue weighted by Crippen LogP contribution is -2.50. The van der Waals surface area contributed by atoms with Crippen LogP contribution in [0.15, 0.2) is 18.2 Å². The summed E-state index contributed by atoms with van der Waals surface area (Å²) in [6, 6.07) is 5.13. The maximum atomic E-state index is 12.8. The Hall–Kier alpha value is -2.64. The van der Waals surface area contributed by atoms with Crippen molar-refractivity contribution in [3.05, 3.63) is 29.6 Å². The highest BCUT2D eigenvalue weighted by Crippen LogP contribution is 2.18. The van der Waals surface area contributed by atoms with Gasteiger partial charge in [0.1, 0.15) is 11.4 Å². The van der Waals surface area contributed by atoms with Crippen molar-refractivity contribution in [2.24, 2.45) is 0 Å². The zero-order valence-electron chi connectivity index (χ0n) is 16.4. The highest BCUT2D eigenvalue weighted by Gasteiger charge is 2.26. The van der Waals surface area contributed by atoms with Gasteiger partial charge in [0.05, 0.1) is 6.61 Å². The Bertz CT molecular complexity index is 710. The predicted octanol–water partition coefficient (Wildman–Crippen LogP) is 2.06. The summed E-state index contributed by atoms with van der Waals surface area (Å²) in [5.74, 6) is -0.454. The van der Waals surface area contributed by atoms with Crippen LogP contribution >= 0.6 is 0 Å². The second-order valence-electron chi connectivity index (χ2n) is 7.19. The first-order chi connectivity index (χ1) is 13.6. The highest BCUT2D eigenvalue weighted by atomic mass is 16.6. The molecule has 8 heteroatoms. The molecule has 1 saturated carbocycles. The molecule has 1 aliphatic heterocycles. The Morgan fingerprint density at radius 2 is 1.68 bits per heavy atom. The van der Waals surface area contributed by atoms with Crippen LogP contribution in [0, 0.1) is 0 Å². The lowest BCUT2D eigenvalue weighted by molar-refractivity contribution is 0.0565. The predicted molar refractivity (Wildman–Crippen MR) is 103 cm³/mol. The van der Waals surface area contributed by atoms with Crippen LogP contribution in [-0.4, -0.2) is 71.5 Å². The van der Waals surface area contributed by atoms with E-state index in [0.717, 1.165) is 25.7 Å². The van der Waals surface area contributed by atoms with Crippen molar-refractivity contribution in [1.82, 2.24) is 20.1 Å². The summed E-state index contributed by atoms with van der Waals surface area (Å²) in [5, 5.41) is 3.03. The number of hydrogen-bond donors (Lipinski definition) is 1. The van der Waals surface area contributed by atoms with Crippen molar-refractivity contribution in [2.45, 2.75) is 45.1 Å². The maximum Gasteiger partial charge on any atom is 0.409 e. The van der Waals surface area contributed by atoms with Gasteiger partial charge in [0, 0.05) is 32.2 Å². The first-order valence-electron chi connectivity index (χ1n) is 10.1. The minimum absolute atomic E-state index is 0.193. The molecule has 1 aliphatic carbocycles. The van der Waals surface area contributed by atoms with E-state index in [1.54, 1.807) is 34.9 Å². The third-order valence-electron chi connectivity index (χ3n) is 5.23. The van der Waals surface area contributed by atoms with E-state index in [1.807, 2.05) is 0 Å². The van der Waals surface area contributed by atoms with Crippen LogP contribution in [0.2, 0.25) is 0 Å². The Morgan fingerprint density at radius 1 is 1.04 bits per heavy atom. The summed E-state index contributed by atoms with van der Waals surface area (Å²) in [6.45, 7) is 3.77. The van der Waals surface area contributed by atoms with Crippen LogP contribution in [0.25, 0.3) is 0 Å². The molecule has 1 aromatic heterocycles. The molecule has 1 aromatic rings. The minimum atomic E-state index is -0.353. The molecule has 2 aliphatic rings. The van der Waals surface area contributed by atoms with Gasteiger partial charge in [0.2, 0.25) is 0 Å². The average Bonchev–Trinajstić information content (AvgIpc) is 2.74. The number of piperazine rings is 1. The zero-order chi connectivity index (χ0) is 19.9. The molecule has 3 amide bonds. The van der Waals surface area contributed by atoms with E-state index < -0.39 is 0 Å². The molecule has 0 aromatic carbocycles. The van der Waals surface area contributed by atoms with E-state index in [-0.39, 0.29) is 35.3 Å². The molecule has 3 rings (SSSR count). The van der Waals surface area contributed by atoms with Crippen molar-refractivity contribution in [3.8, 4) is 0 Å². The number of carbonyl (C=O) groups is 3. The molecule has 1 N–H and O–H groups in total. The fourth-order valence-corrected chi connectivity index (χ4v) is 3.66. The van der Waals surface area contributed by atoms with Crippen molar-refractivity contribution >= 4 is 17.9 Å². The summed E-state index contributed by atoms with van der Waals surface area (Å²) >= 11 is 0. The lowest BCUT2D eigenvalue weighted by atomic mass is 9.95. The van der Waals surface area contributed by atoms with Gasteiger partial charge in [-0.25, -0.2) is 9.78 Å². The van der Waals surface area contributed by atoms with Crippen molar-refractivity contribution in [3.63, 3.8) is 0 Å². The first-order valence-corrected chi connectivity index (χ1v) is 10.1. The van der Waals surface area contributed by atoms with Crippen molar-refractivity contribution in [1.29, 1.82) is 0 Å². The molecule has 152 valence electrons. The second-order valence-corrected chi connectivity index (χ2v) is 7.19. The van der Waals surface area contributed by atoms with E-state index in [2.05, 4.69) is 10.3 Å². The molecule has 0 bridgehead atoms. The summed E-state index contributed by atoms with van der Waals surface area (Å²) in [7, 11) is 0. The number of ether oxygens (including phenoxy) is 1. The Kier molecular flexibility index (Phi) is 6.84. The molecule has 0 radical (unpaired) electrons. The van der Waals surface area contributed by atoms with E-state index in [9.17, 15) is 14.4 Å². The number of carbonyl (C=O) groups excluding carboxylic acids is 3. The topological polar surface area (TPSA) is 91.8 Å². The van der Waals surface area contributed by atoms with Gasteiger partial charge >= 0.3 is 6.09 Å². The number of nitrogens with zero attached hydrogens (tertiary/aromatic N) is 3. The van der Waals surface area contributed by atoms with Crippen LogP contribution in [0.1, 0.15) is 60.0 Å². The van der Waals surface area contributed by atoms with Crippen molar-refractivity contribution in [2.75, 3.05) is 32.8 Å². The average molecular weight is 388 g/mol. The Labute approximate surface area is 165 Å². The number of amides is 3. The zero-order valence-corrected chi connectivity index (χ0v) is 16.4. The molecule has 1 saturated heterocycles. The Balaban J connectivity index is 1.58. The molecule has 8 nitrogen and oxygen atoms in total. The normalized spacial score (nSPS) is 17.9. The molecule has 0 spiro atoms. The Morgan fingerprint density at radius 3 is 2.36 bits per heavy atom. The monoisotopic (exact) mass is 388 g/mol. The number of hydrogen-bond acceptors (Lipinski definition) is 5. The highest BCUT2D eigenvalue weighted by molar-refractivity contribution is 5.96. The van der Waals surface area contributed by atoms with Gasteiger partial charge in [-0.3, -0.25) is 9.59 Å². The SMILES string of the molecule is CCOC(=O)N1CCN(C(=O)c2cccc(C(=O)NC3CCCCC3)n2)CC1. The first kappa shape index (κ1) is 20.1. The van der Waals surface area contributed by atoms with Gasteiger partial charge in [0.25, 0.3) is 11.8 Å². The third kappa shape index (κ3) is 4.99. The fraction of sp³-hybridized carbons (Fsp3) is 0.600. The third-order valence-corrected chi connectivity index (χ3v) is 5.23. The van der Waals surface area contributed by atoms with Crippen LogP contribution < -0.4 is 5.32 Å². The van der Waals surface area contributed by atoms with E-state index in [1.165, 1.54) is 6.42 Å². The quantitative estimate of drug-likeness (QED) is 0.852. The maximum absolute atomic E-state index is 12.8. The van der Waals surface area contributed by atoms with Crippen LogP contribution in [0.5, 0.6) is 0 Å². The van der Waals surface area contributed by atoms with E-state index in [0.29, 0.717) is 32.8 Å². The van der Waals surface area contributed by atoms with Crippen molar-refractivity contribution < 1.29 is 19.1 Å². The molecular formula is C20H28N4O4. The number of pyridine rings is 1. The molecule has 0 atom stereocenters. The number of nitrogens with one attached hydrogen (secondary N) is 1. The van der Waals surface area contributed by atoms with Gasteiger partial charge in [0.15, 0.2) is 0 Å². The second kappa shape index (κ2) is 9.52. The number of rotatable bonds is 4. The van der Waals surface area contributed by atoms with Gasteiger partial charge in [-0.1, -0.05) is 25.3 Å². The minimum Gasteiger partial charge on any atom is -0.450 e. The molecule has 2 heterocycles. The summed E-state index contributed by atoms with van der Waals surface area (Å²) in [4.78, 5) is 44.6.